The molecule has 1 aromatic carbocycles. The average Bonchev–Trinajstić information content (AvgIpc) is 2.96. The lowest BCUT2D eigenvalue weighted by Gasteiger charge is -2.09. The SMILES string of the molecule is O=C(CCC1CCNC1)NCc1cccc(C(=O)O)c1. The molecular weight excluding hydrogens is 256 g/mol. The van der Waals surface area contributed by atoms with Crippen molar-refractivity contribution in [3.8, 4) is 0 Å². The van der Waals surface area contributed by atoms with Gasteiger partial charge in [0.05, 0.1) is 5.56 Å². The molecule has 20 heavy (non-hydrogen) atoms. The molecule has 108 valence electrons. The molecule has 1 saturated heterocycles. The maximum Gasteiger partial charge on any atom is 0.335 e. The molecule has 1 aromatic rings. The minimum atomic E-state index is -0.952. The number of carbonyl (C=O) groups is 2. The van der Waals surface area contributed by atoms with E-state index in [4.69, 9.17) is 5.11 Å². The van der Waals surface area contributed by atoms with Gasteiger partial charge in [0.2, 0.25) is 5.91 Å². The molecule has 0 bridgehead atoms. The standard InChI is InChI=1S/C15H20N2O3/c18-14(5-4-11-6-7-16-9-11)17-10-12-2-1-3-13(8-12)15(19)20/h1-3,8,11,16H,4-7,9-10H2,(H,17,18)(H,19,20). The number of benzene rings is 1. The lowest BCUT2D eigenvalue weighted by atomic mass is 10.0. The van der Waals surface area contributed by atoms with Crippen LogP contribution in [0.2, 0.25) is 0 Å². The zero-order chi connectivity index (χ0) is 14.4. The molecule has 2 rings (SSSR count). The zero-order valence-corrected chi connectivity index (χ0v) is 11.4. The van der Waals surface area contributed by atoms with Crippen molar-refractivity contribution in [3.05, 3.63) is 35.4 Å². The number of nitrogens with one attached hydrogen (secondary N) is 2. The second-order valence-corrected chi connectivity index (χ2v) is 5.18. The van der Waals surface area contributed by atoms with Crippen LogP contribution in [0.25, 0.3) is 0 Å². The van der Waals surface area contributed by atoms with E-state index in [9.17, 15) is 9.59 Å². The Morgan fingerprint density at radius 1 is 1.40 bits per heavy atom. The summed E-state index contributed by atoms with van der Waals surface area (Å²) in [6, 6.07) is 6.63. The van der Waals surface area contributed by atoms with Gasteiger partial charge in [0.1, 0.15) is 0 Å². The lowest BCUT2D eigenvalue weighted by Crippen LogP contribution is -2.23. The van der Waals surface area contributed by atoms with Gasteiger partial charge in [0.15, 0.2) is 0 Å². The van der Waals surface area contributed by atoms with Crippen LogP contribution in [0.5, 0.6) is 0 Å². The Bertz CT molecular complexity index is 482. The van der Waals surface area contributed by atoms with Crippen molar-refractivity contribution in [2.75, 3.05) is 13.1 Å². The van der Waals surface area contributed by atoms with Gasteiger partial charge >= 0.3 is 5.97 Å². The van der Waals surface area contributed by atoms with Crippen LogP contribution >= 0.6 is 0 Å². The third-order valence-corrected chi connectivity index (χ3v) is 3.61. The first-order valence-corrected chi connectivity index (χ1v) is 6.95. The van der Waals surface area contributed by atoms with Crippen LogP contribution in [-0.4, -0.2) is 30.1 Å². The van der Waals surface area contributed by atoms with Gasteiger partial charge in [0.25, 0.3) is 0 Å². The fourth-order valence-corrected chi connectivity index (χ4v) is 2.40. The summed E-state index contributed by atoms with van der Waals surface area (Å²) in [6.45, 7) is 2.44. The molecule has 1 atom stereocenters. The van der Waals surface area contributed by atoms with Gasteiger partial charge in [0, 0.05) is 13.0 Å². The van der Waals surface area contributed by atoms with Crippen molar-refractivity contribution in [2.24, 2.45) is 5.92 Å². The molecule has 0 aliphatic carbocycles. The first-order chi connectivity index (χ1) is 9.65. The molecule has 0 aromatic heterocycles. The third kappa shape index (κ3) is 4.35. The minimum Gasteiger partial charge on any atom is -0.478 e. The molecule has 1 aliphatic heterocycles. The normalized spacial score (nSPS) is 17.9. The molecule has 1 fully saturated rings. The van der Waals surface area contributed by atoms with Crippen molar-refractivity contribution in [1.29, 1.82) is 0 Å². The van der Waals surface area contributed by atoms with Crippen LogP contribution in [-0.2, 0) is 11.3 Å². The molecule has 0 saturated carbocycles. The van der Waals surface area contributed by atoms with Gasteiger partial charge < -0.3 is 15.7 Å². The summed E-state index contributed by atoms with van der Waals surface area (Å²) in [6.07, 6.45) is 2.59. The maximum absolute atomic E-state index is 11.7. The largest absolute Gasteiger partial charge is 0.478 e. The highest BCUT2D eigenvalue weighted by Crippen LogP contribution is 2.14. The molecular formula is C15H20N2O3. The van der Waals surface area contributed by atoms with Crippen molar-refractivity contribution >= 4 is 11.9 Å². The quantitative estimate of drug-likeness (QED) is 0.733. The van der Waals surface area contributed by atoms with E-state index < -0.39 is 5.97 Å². The van der Waals surface area contributed by atoms with E-state index >= 15 is 0 Å². The first-order valence-electron chi connectivity index (χ1n) is 6.95. The van der Waals surface area contributed by atoms with Gasteiger partial charge in [-0.25, -0.2) is 4.79 Å². The van der Waals surface area contributed by atoms with Crippen LogP contribution in [0, 0.1) is 5.92 Å². The number of hydrogen-bond acceptors (Lipinski definition) is 3. The highest BCUT2D eigenvalue weighted by Gasteiger charge is 2.15. The van der Waals surface area contributed by atoms with Gasteiger partial charge in [-0.1, -0.05) is 12.1 Å². The first kappa shape index (κ1) is 14.5. The minimum absolute atomic E-state index is 0.0256. The molecule has 1 heterocycles. The Labute approximate surface area is 118 Å². The molecule has 5 heteroatoms. The van der Waals surface area contributed by atoms with E-state index in [1.165, 1.54) is 0 Å². The summed E-state index contributed by atoms with van der Waals surface area (Å²) in [7, 11) is 0. The number of hydrogen-bond donors (Lipinski definition) is 3. The van der Waals surface area contributed by atoms with Crippen LogP contribution in [0.3, 0.4) is 0 Å². The monoisotopic (exact) mass is 276 g/mol. The van der Waals surface area contributed by atoms with Crippen LogP contribution in [0.15, 0.2) is 24.3 Å². The highest BCUT2D eigenvalue weighted by molar-refractivity contribution is 5.87. The van der Waals surface area contributed by atoms with E-state index in [-0.39, 0.29) is 11.5 Å². The predicted octanol–water partition coefficient (Wildman–Crippen LogP) is 1.39. The fourth-order valence-electron chi connectivity index (χ4n) is 2.40. The molecule has 1 aliphatic rings. The maximum atomic E-state index is 11.7. The molecule has 0 spiro atoms. The zero-order valence-electron chi connectivity index (χ0n) is 11.4. The van der Waals surface area contributed by atoms with Gasteiger partial charge in [-0.05, 0) is 49.5 Å². The average molecular weight is 276 g/mol. The van der Waals surface area contributed by atoms with E-state index in [2.05, 4.69) is 10.6 Å². The number of amides is 1. The molecule has 0 radical (unpaired) electrons. The fraction of sp³-hybridized carbons (Fsp3) is 0.467. The Kier molecular flexibility index (Phi) is 5.12. The van der Waals surface area contributed by atoms with Crippen molar-refractivity contribution in [2.45, 2.75) is 25.8 Å². The number of carboxylic acid groups (broad SMARTS) is 1. The second kappa shape index (κ2) is 7.05. The molecule has 5 nitrogen and oxygen atoms in total. The predicted molar refractivity (Wildman–Crippen MR) is 75.5 cm³/mol. The van der Waals surface area contributed by atoms with Gasteiger partial charge in [-0.3, -0.25) is 4.79 Å². The number of aromatic carboxylic acids is 1. The summed E-state index contributed by atoms with van der Waals surface area (Å²) in [5.74, 6) is -0.319. The van der Waals surface area contributed by atoms with Crippen LogP contribution in [0.4, 0.5) is 0 Å². The van der Waals surface area contributed by atoms with E-state index in [0.717, 1.165) is 31.5 Å². The topological polar surface area (TPSA) is 78.4 Å². The van der Waals surface area contributed by atoms with E-state index in [1.54, 1.807) is 18.2 Å². The van der Waals surface area contributed by atoms with Crippen LogP contribution < -0.4 is 10.6 Å². The Balaban J connectivity index is 1.75. The second-order valence-electron chi connectivity index (χ2n) is 5.18. The molecule has 1 unspecified atom stereocenters. The number of rotatable bonds is 6. The van der Waals surface area contributed by atoms with Crippen LogP contribution in [0.1, 0.15) is 35.2 Å². The van der Waals surface area contributed by atoms with E-state index in [1.807, 2.05) is 6.07 Å². The summed E-state index contributed by atoms with van der Waals surface area (Å²) in [5, 5.41) is 15.0. The smallest absolute Gasteiger partial charge is 0.335 e. The van der Waals surface area contributed by atoms with E-state index in [0.29, 0.717) is 18.9 Å². The summed E-state index contributed by atoms with van der Waals surface area (Å²) < 4.78 is 0. The Hall–Kier alpha value is -1.88. The van der Waals surface area contributed by atoms with Gasteiger partial charge in [-0.2, -0.15) is 0 Å². The van der Waals surface area contributed by atoms with Gasteiger partial charge in [-0.15, -0.1) is 0 Å². The van der Waals surface area contributed by atoms with Crippen molar-refractivity contribution in [3.63, 3.8) is 0 Å². The molecule has 1 amide bonds. The summed E-state index contributed by atoms with van der Waals surface area (Å²) in [5.41, 5.74) is 1.05. The number of carboxylic acids is 1. The highest BCUT2D eigenvalue weighted by atomic mass is 16.4. The Morgan fingerprint density at radius 2 is 2.25 bits per heavy atom. The Morgan fingerprint density at radius 3 is 2.95 bits per heavy atom. The number of carbonyl (C=O) groups excluding carboxylic acids is 1. The van der Waals surface area contributed by atoms with Crippen molar-refractivity contribution in [1.82, 2.24) is 10.6 Å². The van der Waals surface area contributed by atoms with Crippen molar-refractivity contribution < 1.29 is 14.7 Å². The lowest BCUT2D eigenvalue weighted by molar-refractivity contribution is -0.121. The third-order valence-electron chi connectivity index (χ3n) is 3.61. The summed E-state index contributed by atoms with van der Waals surface area (Å²) >= 11 is 0. The molecule has 3 N–H and O–H groups in total. The summed E-state index contributed by atoms with van der Waals surface area (Å²) in [4.78, 5) is 22.6.